The largest absolute Gasteiger partial charge is 0.508 e. The van der Waals surface area contributed by atoms with E-state index in [0.717, 1.165) is 18.7 Å². The molecule has 0 fully saturated rings. The van der Waals surface area contributed by atoms with E-state index in [4.69, 9.17) is 14.8 Å². The van der Waals surface area contributed by atoms with Crippen LogP contribution in [0.5, 0.6) is 5.75 Å². The second-order valence-electron chi connectivity index (χ2n) is 3.50. The van der Waals surface area contributed by atoms with Crippen molar-refractivity contribution >= 4 is 10.1 Å². The van der Waals surface area contributed by atoms with Gasteiger partial charge in [-0.25, -0.2) is 0 Å². The Morgan fingerprint density at radius 1 is 1.18 bits per heavy atom. The first kappa shape index (κ1) is 15.9. The summed E-state index contributed by atoms with van der Waals surface area (Å²) in [5.74, 6) is -0.0441. The van der Waals surface area contributed by atoms with Crippen LogP contribution in [0.1, 0.15) is 0 Å². The van der Waals surface area contributed by atoms with Gasteiger partial charge in [-0.3, -0.25) is 4.55 Å². The SMILES string of the molecule is CN(C)CCO.O=S(=O)(O)c1ccc(O)cc1. The highest BCUT2D eigenvalue weighted by Crippen LogP contribution is 2.13. The van der Waals surface area contributed by atoms with Crippen molar-refractivity contribution in [1.29, 1.82) is 0 Å². The van der Waals surface area contributed by atoms with Gasteiger partial charge >= 0.3 is 0 Å². The predicted molar refractivity (Wildman–Crippen MR) is 63.6 cm³/mol. The average Bonchev–Trinajstić information content (AvgIpc) is 2.17. The molecule has 1 aromatic carbocycles. The molecule has 0 radical (unpaired) electrons. The summed E-state index contributed by atoms with van der Waals surface area (Å²) in [6, 6.07) is 4.60. The zero-order chi connectivity index (χ0) is 13.5. The van der Waals surface area contributed by atoms with E-state index >= 15 is 0 Å². The van der Waals surface area contributed by atoms with Crippen molar-refractivity contribution in [2.24, 2.45) is 0 Å². The maximum absolute atomic E-state index is 10.4. The molecule has 0 saturated carbocycles. The lowest BCUT2D eigenvalue weighted by Gasteiger charge is -2.03. The molecular formula is C10H17NO5S. The van der Waals surface area contributed by atoms with E-state index in [0.29, 0.717) is 0 Å². The summed E-state index contributed by atoms with van der Waals surface area (Å²) in [4.78, 5) is 1.70. The third-order valence-electron chi connectivity index (χ3n) is 1.68. The molecule has 7 heteroatoms. The number of aliphatic hydroxyl groups is 1. The third kappa shape index (κ3) is 7.70. The van der Waals surface area contributed by atoms with Gasteiger partial charge in [0.1, 0.15) is 5.75 Å². The lowest BCUT2D eigenvalue weighted by Crippen LogP contribution is -2.15. The second-order valence-corrected chi connectivity index (χ2v) is 4.92. The van der Waals surface area contributed by atoms with Crippen molar-refractivity contribution < 1.29 is 23.2 Å². The number of hydrogen-bond donors (Lipinski definition) is 3. The summed E-state index contributed by atoms with van der Waals surface area (Å²) in [7, 11) is -0.277. The zero-order valence-electron chi connectivity index (χ0n) is 9.74. The van der Waals surface area contributed by atoms with Crippen LogP contribution in [0.2, 0.25) is 0 Å². The number of aliphatic hydroxyl groups excluding tert-OH is 1. The Morgan fingerprint density at radius 2 is 1.65 bits per heavy atom. The van der Waals surface area contributed by atoms with Gasteiger partial charge in [0.05, 0.1) is 11.5 Å². The molecule has 0 aliphatic rings. The standard InChI is InChI=1S/C6H6O4S.C4H11NO/c7-5-1-3-6(4-2-5)11(8,9)10;1-5(2)3-4-6/h1-4,7H,(H,8,9,10);6H,3-4H2,1-2H3. The van der Waals surface area contributed by atoms with Crippen LogP contribution in [0.3, 0.4) is 0 Å². The summed E-state index contributed by atoms with van der Waals surface area (Å²) in [6.07, 6.45) is 0. The summed E-state index contributed by atoms with van der Waals surface area (Å²) >= 11 is 0. The van der Waals surface area contributed by atoms with Gasteiger partial charge in [0.15, 0.2) is 0 Å². The number of benzene rings is 1. The summed E-state index contributed by atoms with van der Waals surface area (Å²) in [6.45, 7) is 1.02. The predicted octanol–water partition coefficient (Wildman–Crippen LogP) is 0.179. The Bertz CT molecular complexity index is 413. The van der Waals surface area contributed by atoms with E-state index in [2.05, 4.69) is 0 Å². The fraction of sp³-hybridized carbons (Fsp3) is 0.400. The van der Waals surface area contributed by atoms with Crippen molar-refractivity contribution in [3.8, 4) is 5.75 Å². The van der Waals surface area contributed by atoms with E-state index in [9.17, 15) is 8.42 Å². The van der Waals surface area contributed by atoms with Gasteiger partial charge in [-0.1, -0.05) is 0 Å². The first-order valence-corrected chi connectivity index (χ1v) is 6.23. The average molecular weight is 263 g/mol. The van der Waals surface area contributed by atoms with E-state index in [1.807, 2.05) is 19.0 Å². The highest BCUT2D eigenvalue weighted by molar-refractivity contribution is 7.85. The third-order valence-corrected chi connectivity index (χ3v) is 2.55. The first-order chi connectivity index (χ1) is 7.77. The van der Waals surface area contributed by atoms with Crippen molar-refractivity contribution in [3.63, 3.8) is 0 Å². The molecule has 0 heterocycles. The molecule has 17 heavy (non-hydrogen) atoms. The Hall–Kier alpha value is -1.15. The van der Waals surface area contributed by atoms with Crippen LogP contribution in [0, 0.1) is 0 Å². The number of rotatable bonds is 3. The quantitative estimate of drug-likeness (QED) is 0.673. The van der Waals surface area contributed by atoms with Gasteiger partial charge in [-0.05, 0) is 38.4 Å². The molecule has 0 unspecified atom stereocenters. The van der Waals surface area contributed by atoms with E-state index in [-0.39, 0.29) is 17.3 Å². The van der Waals surface area contributed by atoms with Crippen LogP contribution in [-0.2, 0) is 10.1 Å². The molecule has 1 rings (SSSR count). The Morgan fingerprint density at radius 3 is 1.88 bits per heavy atom. The van der Waals surface area contributed by atoms with Crippen LogP contribution < -0.4 is 0 Å². The summed E-state index contributed by atoms with van der Waals surface area (Å²) in [5.41, 5.74) is 0. The molecule has 0 aromatic heterocycles. The molecule has 0 aliphatic heterocycles. The Labute approximate surface area is 101 Å². The fourth-order valence-corrected chi connectivity index (χ4v) is 1.30. The second kappa shape index (κ2) is 7.23. The zero-order valence-corrected chi connectivity index (χ0v) is 10.6. The molecule has 0 amide bonds. The summed E-state index contributed by atoms with van der Waals surface area (Å²) in [5, 5.41) is 16.9. The maximum atomic E-state index is 10.4. The number of likely N-dealkylation sites (N-methyl/N-ethyl adjacent to an activating group) is 1. The smallest absolute Gasteiger partial charge is 0.294 e. The molecular weight excluding hydrogens is 246 g/mol. The van der Waals surface area contributed by atoms with Gasteiger partial charge in [-0.15, -0.1) is 0 Å². The van der Waals surface area contributed by atoms with Crippen LogP contribution in [0.4, 0.5) is 0 Å². The minimum Gasteiger partial charge on any atom is -0.508 e. The molecule has 0 aliphatic carbocycles. The van der Waals surface area contributed by atoms with E-state index in [1.165, 1.54) is 12.1 Å². The number of nitrogens with zero attached hydrogens (tertiary/aromatic N) is 1. The van der Waals surface area contributed by atoms with Crippen LogP contribution in [-0.4, -0.2) is 55.3 Å². The van der Waals surface area contributed by atoms with Gasteiger partial charge in [0.25, 0.3) is 10.1 Å². The molecule has 0 spiro atoms. The highest BCUT2D eigenvalue weighted by Gasteiger charge is 2.07. The molecule has 98 valence electrons. The lowest BCUT2D eigenvalue weighted by atomic mass is 10.3. The number of phenolic OH excluding ortho intramolecular Hbond substituents is 1. The number of hydrogen-bond acceptors (Lipinski definition) is 5. The minimum absolute atomic E-state index is 0.0441. The molecule has 0 bridgehead atoms. The molecule has 3 N–H and O–H groups in total. The fourth-order valence-electron chi connectivity index (χ4n) is 0.818. The Kier molecular flexibility index (Phi) is 6.74. The van der Waals surface area contributed by atoms with Crippen LogP contribution >= 0.6 is 0 Å². The lowest BCUT2D eigenvalue weighted by molar-refractivity contribution is 0.243. The molecule has 0 saturated heterocycles. The molecule has 6 nitrogen and oxygen atoms in total. The van der Waals surface area contributed by atoms with Crippen molar-refractivity contribution in [1.82, 2.24) is 4.90 Å². The number of aromatic hydroxyl groups is 1. The Balaban J connectivity index is 0.000000366. The van der Waals surface area contributed by atoms with Gasteiger partial charge in [0, 0.05) is 6.54 Å². The van der Waals surface area contributed by atoms with E-state index < -0.39 is 10.1 Å². The van der Waals surface area contributed by atoms with E-state index in [1.54, 1.807) is 0 Å². The highest BCUT2D eigenvalue weighted by atomic mass is 32.2. The van der Waals surface area contributed by atoms with Crippen LogP contribution in [0.25, 0.3) is 0 Å². The minimum atomic E-state index is -4.13. The van der Waals surface area contributed by atoms with Gasteiger partial charge < -0.3 is 15.1 Å². The van der Waals surface area contributed by atoms with Gasteiger partial charge in [0.2, 0.25) is 0 Å². The number of phenols is 1. The normalized spacial score (nSPS) is 10.9. The van der Waals surface area contributed by atoms with Crippen molar-refractivity contribution in [2.75, 3.05) is 27.2 Å². The summed E-state index contributed by atoms with van der Waals surface area (Å²) < 4.78 is 29.3. The first-order valence-electron chi connectivity index (χ1n) is 4.79. The maximum Gasteiger partial charge on any atom is 0.294 e. The molecule has 0 atom stereocenters. The topological polar surface area (TPSA) is 98.1 Å². The molecule has 1 aromatic rings. The van der Waals surface area contributed by atoms with Crippen LogP contribution in [0.15, 0.2) is 29.2 Å². The van der Waals surface area contributed by atoms with Crippen molar-refractivity contribution in [3.05, 3.63) is 24.3 Å². The van der Waals surface area contributed by atoms with Gasteiger partial charge in [-0.2, -0.15) is 8.42 Å². The monoisotopic (exact) mass is 263 g/mol. The van der Waals surface area contributed by atoms with Crippen molar-refractivity contribution in [2.45, 2.75) is 4.90 Å².